The predicted octanol–water partition coefficient (Wildman–Crippen LogP) is 4.30. The minimum absolute atomic E-state index is 0.0601. The molecule has 0 aromatic heterocycles. The van der Waals surface area contributed by atoms with E-state index in [2.05, 4.69) is 5.32 Å². The van der Waals surface area contributed by atoms with Gasteiger partial charge in [0.1, 0.15) is 5.82 Å². The second-order valence-corrected chi connectivity index (χ2v) is 7.43. The molecule has 0 unspecified atom stereocenters. The van der Waals surface area contributed by atoms with Crippen molar-refractivity contribution in [1.82, 2.24) is 4.90 Å². The summed E-state index contributed by atoms with van der Waals surface area (Å²) in [5.74, 6) is -1.48. The molecule has 3 aromatic carbocycles. The van der Waals surface area contributed by atoms with E-state index in [1.54, 1.807) is 35.2 Å². The Morgan fingerprint density at radius 3 is 2.45 bits per heavy atom. The van der Waals surface area contributed by atoms with Crippen LogP contribution in [0.1, 0.15) is 39.0 Å². The van der Waals surface area contributed by atoms with Gasteiger partial charge in [0.05, 0.1) is 17.6 Å². The largest absolute Gasteiger partial charge is 0.330 e. The SMILES string of the molecule is O=C(Nc1ccccc1F)[C@H]1c2ccccc2C(=O)N2CCc3ccccc3[C@@H]12. The van der Waals surface area contributed by atoms with Crippen molar-refractivity contribution < 1.29 is 14.0 Å². The van der Waals surface area contributed by atoms with Gasteiger partial charge >= 0.3 is 0 Å². The summed E-state index contributed by atoms with van der Waals surface area (Å²) in [6.45, 7) is 0.554. The molecule has 29 heavy (non-hydrogen) atoms. The standard InChI is InChI=1S/C24H19FN2O2/c25-19-11-5-6-12-20(19)26-23(28)21-17-9-3-4-10-18(17)24(29)27-14-13-15-7-1-2-8-16(15)22(21)27/h1-12,21-22H,13-14H2,(H,26,28)/t21-,22-/m0/s1. The Balaban J connectivity index is 1.64. The first-order valence-electron chi connectivity index (χ1n) is 9.68. The van der Waals surface area contributed by atoms with Crippen molar-refractivity contribution >= 4 is 17.5 Å². The maximum absolute atomic E-state index is 14.2. The van der Waals surface area contributed by atoms with Crippen molar-refractivity contribution in [3.8, 4) is 0 Å². The van der Waals surface area contributed by atoms with E-state index in [1.807, 2.05) is 36.4 Å². The molecular formula is C24H19FN2O2. The van der Waals surface area contributed by atoms with Crippen LogP contribution >= 0.6 is 0 Å². The van der Waals surface area contributed by atoms with Gasteiger partial charge in [0, 0.05) is 12.1 Å². The number of para-hydroxylation sites is 1. The first-order valence-corrected chi connectivity index (χ1v) is 9.68. The van der Waals surface area contributed by atoms with E-state index in [1.165, 1.54) is 6.07 Å². The summed E-state index contributed by atoms with van der Waals surface area (Å²) in [6, 6.07) is 20.9. The van der Waals surface area contributed by atoms with Crippen molar-refractivity contribution in [2.24, 2.45) is 0 Å². The molecule has 2 amide bonds. The zero-order chi connectivity index (χ0) is 20.0. The minimum Gasteiger partial charge on any atom is -0.330 e. The topological polar surface area (TPSA) is 49.4 Å². The van der Waals surface area contributed by atoms with Gasteiger partial charge in [-0.2, -0.15) is 0 Å². The number of carbonyl (C=O) groups excluding carboxylic acids is 2. The van der Waals surface area contributed by atoms with Crippen LogP contribution in [0.4, 0.5) is 10.1 Å². The van der Waals surface area contributed by atoms with Gasteiger partial charge in [-0.15, -0.1) is 0 Å². The van der Waals surface area contributed by atoms with Crippen LogP contribution in [-0.4, -0.2) is 23.3 Å². The third-order valence-electron chi connectivity index (χ3n) is 5.85. The zero-order valence-electron chi connectivity index (χ0n) is 15.6. The lowest BCUT2D eigenvalue weighted by molar-refractivity contribution is -0.119. The van der Waals surface area contributed by atoms with Crippen LogP contribution < -0.4 is 5.32 Å². The molecule has 0 bridgehead atoms. The molecule has 144 valence electrons. The highest BCUT2D eigenvalue weighted by molar-refractivity contribution is 6.04. The minimum atomic E-state index is -0.620. The van der Waals surface area contributed by atoms with E-state index >= 15 is 0 Å². The molecule has 0 saturated carbocycles. The number of hydrogen-bond donors (Lipinski definition) is 1. The van der Waals surface area contributed by atoms with Gasteiger partial charge in [-0.25, -0.2) is 4.39 Å². The van der Waals surface area contributed by atoms with Gasteiger partial charge in [-0.05, 0) is 41.3 Å². The van der Waals surface area contributed by atoms with Crippen LogP contribution in [0.2, 0.25) is 0 Å². The summed E-state index contributed by atoms with van der Waals surface area (Å²) < 4.78 is 14.2. The van der Waals surface area contributed by atoms with Crippen LogP contribution in [0.25, 0.3) is 0 Å². The van der Waals surface area contributed by atoms with Crippen LogP contribution in [0.15, 0.2) is 72.8 Å². The Labute approximate surface area is 168 Å². The average molecular weight is 386 g/mol. The monoisotopic (exact) mass is 386 g/mol. The quantitative estimate of drug-likeness (QED) is 0.714. The molecule has 1 N–H and O–H groups in total. The van der Waals surface area contributed by atoms with Crippen molar-refractivity contribution in [3.05, 3.63) is 101 Å². The van der Waals surface area contributed by atoms with Crippen LogP contribution in [0, 0.1) is 5.82 Å². The van der Waals surface area contributed by atoms with Crippen molar-refractivity contribution in [1.29, 1.82) is 0 Å². The van der Waals surface area contributed by atoms with Gasteiger partial charge in [0.15, 0.2) is 0 Å². The lowest BCUT2D eigenvalue weighted by atomic mass is 9.76. The predicted molar refractivity (Wildman–Crippen MR) is 108 cm³/mol. The number of nitrogens with zero attached hydrogens (tertiary/aromatic N) is 1. The second kappa shape index (κ2) is 6.85. The Kier molecular flexibility index (Phi) is 4.16. The van der Waals surface area contributed by atoms with E-state index < -0.39 is 17.8 Å². The number of carbonyl (C=O) groups is 2. The number of fused-ring (bicyclic) bond motifs is 4. The van der Waals surface area contributed by atoms with Crippen LogP contribution in [0.3, 0.4) is 0 Å². The molecule has 3 aromatic rings. The number of benzene rings is 3. The van der Waals surface area contributed by atoms with E-state index in [9.17, 15) is 14.0 Å². The van der Waals surface area contributed by atoms with Gasteiger partial charge in [0.2, 0.25) is 5.91 Å². The van der Waals surface area contributed by atoms with E-state index in [-0.39, 0.29) is 17.5 Å². The third-order valence-corrected chi connectivity index (χ3v) is 5.85. The molecule has 0 saturated heterocycles. The number of amides is 2. The van der Waals surface area contributed by atoms with Gasteiger partial charge in [-0.1, -0.05) is 54.6 Å². The number of halogens is 1. The smallest absolute Gasteiger partial charge is 0.254 e. The molecular weight excluding hydrogens is 367 g/mol. The summed E-state index contributed by atoms with van der Waals surface area (Å²) in [5, 5.41) is 2.75. The Morgan fingerprint density at radius 2 is 1.62 bits per heavy atom. The summed E-state index contributed by atoms with van der Waals surface area (Å²) in [5.41, 5.74) is 3.49. The average Bonchev–Trinajstić information content (AvgIpc) is 2.75. The van der Waals surface area contributed by atoms with Crippen LogP contribution in [-0.2, 0) is 11.2 Å². The summed E-state index contributed by atoms with van der Waals surface area (Å²) in [7, 11) is 0. The molecule has 2 aliphatic heterocycles. The van der Waals surface area contributed by atoms with Gasteiger partial charge in [-0.3, -0.25) is 9.59 Å². The Hall–Kier alpha value is -3.47. The van der Waals surface area contributed by atoms with Gasteiger partial charge < -0.3 is 10.2 Å². The molecule has 0 aliphatic carbocycles. The maximum atomic E-state index is 14.2. The number of nitrogens with one attached hydrogen (secondary N) is 1. The lowest BCUT2D eigenvalue weighted by Gasteiger charge is -2.45. The fourth-order valence-corrected chi connectivity index (χ4v) is 4.53. The number of hydrogen-bond acceptors (Lipinski definition) is 2. The molecule has 2 heterocycles. The summed E-state index contributed by atoms with van der Waals surface area (Å²) in [4.78, 5) is 28.4. The van der Waals surface area contributed by atoms with Crippen molar-refractivity contribution in [2.45, 2.75) is 18.4 Å². The van der Waals surface area contributed by atoms with E-state index in [4.69, 9.17) is 0 Å². The fourth-order valence-electron chi connectivity index (χ4n) is 4.53. The molecule has 5 heteroatoms. The highest BCUT2D eigenvalue weighted by atomic mass is 19.1. The van der Waals surface area contributed by atoms with Gasteiger partial charge in [0.25, 0.3) is 5.91 Å². The molecule has 5 rings (SSSR count). The van der Waals surface area contributed by atoms with Crippen molar-refractivity contribution in [3.63, 3.8) is 0 Å². The first-order chi connectivity index (χ1) is 14.1. The normalized spacial score (nSPS) is 19.8. The Morgan fingerprint density at radius 1 is 0.931 bits per heavy atom. The molecule has 2 aliphatic rings. The zero-order valence-corrected chi connectivity index (χ0v) is 15.6. The second-order valence-electron chi connectivity index (χ2n) is 7.43. The maximum Gasteiger partial charge on any atom is 0.254 e. The fraction of sp³-hybridized carbons (Fsp3) is 0.167. The van der Waals surface area contributed by atoms with Crippen molar-refractivity contribution in [2.75, 3.05) is 11.9 Å². The molecule has 2 atom stereocenters. The van der Waals surface area contributed by atoms with Crippen LogP contribution in [0.5, 0.6) is 0 Å². The molecule has 0 spiro atoms. The Bertz CT molecular complexity index is 1130. The van der Waals surface area contributed by atoms with E-state index in [0.717, 1.165) is 17.5 Å². The highest BCUT2D eigenvalue weighted by Crippen LogP contribution is 2.46. The molecule has 0 fully saturated rings. The number of rotatable bonds is 2. The van der Waals surface area contributed by atoms with E-state index in [0.29, 0.717) is 17.7 Å². The third kappa shape index (κ3) is 2.81. The lowest BCUT2D eigenvalue weighted by Crippen LogP contribution is -2.49. The number of anilines is 1. The first kappa shape index (κ1) is 17.6. The highest BCUT2D eigenvalue weighted by Gasteiger charge is 2.46. The summed E-state index contributed by atoms with van der Waals surface area (Å²) in [6.07, 6.45) is 0.752. The molecule has 0 radical (unpaired) electrons. The summed E-state index contributed by atoms with van der Waals surface area (Å²) >= 11 is 0. The molecule has 4 nitrogen and oxygen atoms in total.